The first kappa shape index (κ1) is 16.5. The first-order chi connectivity index (χ1) is 11.6. The van der Waals surface area contributed by atoms with Gasteiger partial charge in [0.05, 0.1) is 19.6 Å². The lowest BCUT2D eigenvalue weighted by Crippen LogP contribution is -2.47. The molecule has 3 rings (SSSR count). The van der Waals surface area contributed by atoms with Crippen molar-refractivity contribution in [2.24, 2.45) is 5.92 Å². The van der Waals surface area contributed by atoms with E-state index in [1.165, 1.54) is 13.3 Å². The largest absolute Gasteiger partial charge is 0.477 e. The second-order valence-electron chi connectivity index (χ2n) is 6.21. The van der Waals surface area contributed by atoms with Gasteiger partial charge in [0.15, 0.2) is 0 Å². The van der Waals surface area contributed by atoms with Gasteiger partial charge in [-0.25, -0.2) is 9.97 Å². The third-order valence-corrected chi connectivity index (χ3v) is 4.48. The molecule has 2 fully saturated rings. The Morgan fingerprint density at radius 3 is 2.67 bits per heavy atom. The summed E-state index contributed by atoms with van der Waals surface area (Å²) < 4.78 is 11.0. The van der Waals surface area contributed by atoms with Crippen LogP contribution in [0.25, 0.3) is 0 Å². The van der Waals surface area contributed by atoms with Crippen molar-refractivity contribution in [2.75, 3.05) is 33.8 Å². The number of likely N-dealkylation sites (tertiary alicyclic amines) is 2. The summed E-state index contributed by atoms with van der Waals surface area (Å²) in [7, 11) is 3.25. The van der Waals surface area contributed by atoms with Gasteiger partial charge >= 0.3 is 0 Å². The van der Waals surface area contributed by atoms with Crippen LogP contribution in [-0.4, -0.2) is 71.5 Å². The Hall–Kier alpha value is -2.38. The molecule has 2 aliphatic heterocycles. The van der Waals surface area contributed by atoms with Gasteiger partial charge in [0, 0.05) is 39.0 Å². The number of carbonyl (C=O) groups excluding carboxylic acids is 2. The van der Waals surface area contributed by atoms with Crippen molar-refractivity contribution < 1.29 is 19.1 Å². The number of carbonyl (C=O) groups is 2. The Kier molecular flexibility index (Phi) is 4.82. The molecule has 130 valence electrons. The Morgan fingerprint density at radius 1 is 1.25 bits per heavy atom. The van der Waals surface area contributed by atoms with Crippen molar-refractivity contribution in [1.82, 2.24) is 19.8 Å². The van der Waals surface area contributed by atoms with E-state index in [-0.39, 0.29) is 23.8 Å². The van der Waals surface area contributed by atoms with Crippen LogP contribution in [0.2, 0.25) is 0 Å². The van der Waals surface area contributed by atoms with Gasteiger partial charge in [-0.2, -0.15) is 0 Å². The second kappa shape index (κ2) is 7.02. The van der Waals surface area contributed by atoms with Crippen LogP contribution in [0.4, 0.5) is 0 Å². The molecule has 0 aliphatic carbocycles. The van der Waals surface area contributed by atoms with E-state index in [4.69, 9.17) is 9.47 Å². The van der Waals surface area contributed by atoms with Crippen molar-refractivity contribution in [3.05, 3.63) is 12.4 Å². The van der Waals surface area contributed by atoms with Gasteiger partial charge < -0.3 is 19.3 Å². The number of aromatic nitrogens is 2. The Balaban J connectivity index is 1.62. The second-order valence-corrected chi connectivity index (χ2v) is 6.21. The summed E-state index contributed by atoms with van der Waals surface area (Å²) in [5.41, 5.74) is 0. The number of rotatable bonds is 4. The highest BCUT2D eigenvalue weighted by molar-refractivity contribution is 5.89. The van der Waals surface area contributed by atoms with E-state index in [2.05, 4.69) is 9.97 Å². The number of piperidine rings is 1. The first-order valence-corrected chi connectivity index (χ1v) is 8.13. The summed E-state index contributed by atoms with van der Waals surface area (Å²) >= 11 is 0. The van der Waals surface area contributed by atoms with E-state index < -0.39 is 0 Å². The molecular weight excluding hydrogens is 312 g/mol. The van der Waals surface area contributed by atoms with Crippen LogP contribution in [0.5, 0.6) is 11.8 Å². The third-order valence-electron chi connectivity index (χ3n) is 4.48. The highest BCUT2D eigenvalue weighted by Gasteiger charge is 2.36. The van der Waals surface area contributed by atoms with Crippen molar-refractivity contribution >= 4 is 11.8 Å². The summed E-state index contributed by atoms with van der Waals surface area (Å²) in [6.07, 6.45) is 4.93. The van der Waals surface area contributed by atoms with Crippen molar-refractivity contribution in [2.45, 2.75) is 25.4 Å². The van der Waals surface area contributed by atoms with E-state index in [0.717, 1.165) is 12.8 Å². The molecule has 1 aromatic rings. The van der Waals surface area contributed by atoms with Crippen LogP contribution in [0, 0.1) is 5.92 Å². The minimum atomic E-state index is -0.243. The molecule has 0 bridgehead atoms. The molecule has 8 heteroatoms. The van der Waals surface area contributed by atoms with Gasteiger partial charge in [0.2, 0.25) is 11.8 Å². The highest BCUT2D eigenvalue weighted by atomic mass is 16.5. The minimum Gasteiger partial charge on any atom is -0.477 e. The summed E-state index contributed by atoms with van der Waals surface area (Å²) in [5, 5.41) is 0. The number of nitrogens with zero attached hydrogens (tertiary/aromatic N) is 4. The molecule has 2 aliphatic rings. The van der Waals surface area contributed by atoms with Crippen LogP contribution in [0.15, 0.2) is 12.4 Å². The van der Waals surface area contributed by atoms with Crippen LogP contribution in [0.3, 0.4) is 0 Å². The average molecular weight is 334 g/mol. The standard InChI is InChI=1S/C16H22N4O4/c1-19-9-11(8-13(19)21)16(22)20-7-3-4-12(10-20)24-15-14(23-2)17-5-6-18-15/h5-6,11-12H,3-4,7-10H2,1-2H3/t11-,12-/m1/s1. The molecule has 0 saturated carbocycles. The van der Waals surface area contributed by atoms with E-state index in [0.29, 0.717) is 37.8 Å². The zero-order valence-electron chi connectivity index (χ0n) is 14.0. The molecule has 0 unspecified atom stereocenters. The molecule has 3 heterocycles. The molecule has 2 atom stereocenters. The Morgan fingerprint density at radius 2 is 2.00 bits per heavy atom. The highest BCUT2D eigenvalue weighted by Crippen LogP contribution is 2.25. The summed E-state index contributed by atoms with van der Waals surface area (Å²) in [6.45, 7) is 1.69. The van der Waals surface area contributed by atoms with E-state index in [9.17, 15) is 9.59 Å². The van der Waals surface area contributed by atoms with E-state index in [1.54, 1.807) is 23.0 Å². The maximum absolute atomic E-state index is 12.7. The first-order valence-electron chi connectivity index (χ1n) is 8.13. The molecule has 24 heavy (non-hydrogen) atoms. The van der Waals surface area contributed by atoms with Crippen LogP contribution >= 0.6 is 0 Å². The summed E-state index contributed by atoms with van der Waals surface area (Å²) in [5.74, 6) is 0.501. The van der Waals surface area contributed by atoms with Gasteiger partial charge in [0.25, 0.3) is 11.8 Å². The Bertz CT molecular complexity index is 624. The van der Waals surface area contributed by atoms with Gasteiger partial charge in [-0.1, -0.05) is 0 Å². The molecular formula is C16H22N4O4. The smallest absolute Gasteiger partial charge is 0.278 e. The lowest BCUT2D eigenvalue weighted by Gasteiger charge is -2.34. The molecule has 0 aromatic carbocycles. The van der Waals surface area contributed by atoms with E-state index in [1.807, 2.05) is 0 Å². The van der Waals surface area contributed by atoms with Crippen molar-refractivity contribution in [1.29, 1.82) is 0 Å². The summed E-state index contributed by atoms with van der Waals surface area (Å²) in [6, 6.07) is 0. The molecule has 2 amide bonds. The van der Waals surface area contributed by atoms with Gasteiger partial charge in [-0.3, -0.25) is 9.59 Å². The minimum absolute atomic E-state index is 0.0301. The maximum atomic E-state index is 12.7. The fourth-order valence-corrected chi connectivity index (χ4v) is 3.21. The quantitative estimate of drug-likeness (QED) is 0.789. The molecule has 0 radical (unpaired) electrons. The normalized spacial score (nSPS) is 24.2. The number of hydrogen-bond acceptors (Lipinski definition) is 6. The number of hydrogen-bond donors (Lipinski definition) is 0. The fourth-order valence-electron chi connectivity index (χ4n) is 3.21. The zero-order valence-corrected chi connectivity index (χ0v) is 14.0. The molecule has 2 saturated heterocycles. The van der Waals surface area contributed by atoms with Crippen LogP contribution in [0.1, 0.15) is 19.3 Å². The van der Waals surface area contributed by atoms with E-state index >= 15 is 0 Å². The Labute approximate surface area is 140 Å². The number of methoxy groups -OCH3 is 1. The lowest BCUT2D eigenvalue weighted by atomic mass is 10.0. The lowest BCUT2D eigenvalue weighted by molar-refractivity contribution is -0.138. The van der Waals surface area contributed by atoms with Crippen LogP contribution in [-0.2, 0) is 9.59 Å². The predicted molar refractivity (Wildman–Crippen MR) is 84.6 cm³/mol. The predicted octanol–water partition coefficient (Wildman–Crippen LogP) is 0.333. The zero-order chi connectivity index (χ0) is 17.1. The molecule has 1 aromatic heterocycles. The average Bonchev–Trinajstić information content (AvgIpc) is 2.94. The van der Waals surface area contributed by atoms with Gasteiger partial charge in [0.1, 0.15) is 6.10 Å². The third kappa shape index (κ3) is 3.42. The van der Waals surface area contributed by atoms with Crippen LogP contribution < -0.4 is 9.47 Å². The molecule has 0 spiro atoms. The topological polar surface area (TPSA) is 84.9 Å². The van der Waals surface area contributed by atoms with Gasteiger partial charge in [-0.05, 0) is 12.8 Å². The molecule has 8 nitrogen and oxygen atoms in total. The van der Waals surface area contributed by atoms with Crippen molar-refractivity contribution in [3.63, 3.8) is 0 Å². The number of amides is 2. The summed E-state index contributed by atoms with van der Waals surface area (Å²) in [4.78, 5) is 35.9. The maximum Gasteiger partial charge on any atom is 0.278 e. The van der Waals surface area contributed by atoms with Crippen molar-refractivity contribution in [3.8, 4) is 11.8 Å². The monoisotopic (exact) mass is 334 g/mol. The molecule has 0 N–H and O–H groups in total. The SMILES string of the molecule is COc1nccnc1O[C@@H]1CCCN(C(=O)[C@@H]2CC(=O)N(C)C2)C1. The fraction of sp³-hybridized carbons (Fsp3) is 0.625. The number of ether oxygens (including phenoxy) is 2. The van der Waals surface area contributed by atoms with Gasteiger partial charge in [-0.15, -0.1) is 0 Å².